The fraction of sp³-hybridized carbons (Fsp3) is 0.600. The van der Waals surface area contributed by atoms with Gasteiger partial charge in [-0.05, 0) is 0 Å². The van der Waals surface area contributed by atoms with Gasteiger partial charge >= 0.3 is 17.9 Å². The molecule has 0 saturated heterocycles. The predicted octanol–water partition coefficient (Wildman–Crippen LogP) is 1.29. The molecule has 0 aliphatic carbocycles. The van der Waals surface area contributed by atoms with E-state index >= 15 is 0 Å². The molecule has 0 aromatic carbocycles. The van der Waals surface area contributed by atoms with E-state index < -0.39 is 30.3 Å². The first-order valence-corrected chi connectivity index (χ1v) is 2.72. The molecule has 0 saturated carbocycles. The Morgan fingerprint density at radius 1 is 1.00 bits per heavy atom. The van der Waals surface area contributed by atoms with Gasteiger partial charge in [0.1, 0.15) is 0 Å². The third-order valence-corrected chi connectivity index (χ3v) is 1.01. The second-order valence-electron chi connectivity index (χ2n) is 1.96. The Morgan fingerprint density at radius 3 is 1.57 bits per heavy atom. The van der Waals surface area contributed by atoms with Gasteiger partial charge in [-0.15, -0.1) is 0 Å². The van der Waals surface area contributed by atoms with E-state index in [1.165, 1.54) is 0 Å². The van der Waals surface area contributed by atoms with Crippen LogP contribution < -0.4 is 0 Å². The molecule has 0 N–H and O–H groups in total. The van der Waals surface area contributed by atoms with Crippen LogP contribution in [0.2, 0.25) is 0 Å². The van der Waals surface area contributed by atoms with E-state index in [1.54, 1.807) is 0 Å². The Hall–Kier alpha value is 0.271. The normalized spacial score (nSPS) is 11.9. The molecular formula is C5H2F6NdO2. The summed E-state index contributed by atoms with van der Waals surface area (Å²) in [5, 5.41) is 0. The summed E-state index contributed by atoms with van der Waals surface area (Å²) in [5.41, 5.74) is 0. The molecule has 0 rings (SSSR count). The number of carbonyl (C=O) groups is 2. The van der Waals surface area contributed by atoms with Gasteiger partial charge in [0, 0.05) is 40.8 Å². The van der Waals surface area contributed by atoms with E-state index in [0.29, 0.717) is 0 Å². The zero-order valence-electron chi connectivity index (χ0n) is 6.29. The van der Waals surface area contributed by atoms with Crippen LogP contribution in [0.25, 0.3) is 0 Å². The van der Waals surface area contributed by atoms with E-state index in [2.05, 4.69) is 0 Å². The zero-order chi connectivity index (χ0) is 10.9. The summed E-state index contributed by atoms with van der Waals surface area (Å²) < 4.78 is 69.4. The molecule has 0 radical (unpaired) electrons. The number of alkyl halides is 6. The number of hydrogen-bond donors (Lipinski definition) is 0. The van der Waals surface area contributed by atoms with Gasteiger partial charge in [0.2, 0.25) is 5.78 Å². The van der Waals surface area contributed by atoms with Crippen molar-refractivity contribution in [3.63, 3.8) is 0 Å². The smallest absolute Gasteiger partial charge is 0.289 e. The molecule has 14 heavy (non-hydrogen) atoms. The minimum atomic E-state index is -5.85. The van der Waals surface area contributed by atoms with Gasteiger partial charge in [-0.2, -0.15) is 22.0 Å². The molecule has 0 amide bonds. The van der Waals surface area contributed by atoms with Crippen molar-refractivity contribution >= 4 is 11.6 Å². The Bertz CT molecular complexity index is 235. The van der Waals surface area contributed by atoms with Crippen LogP contribution in [0.4, 0.5) is 26.3 Å². The van der Waals surface area contributed by atoms with Gasteiger partial charge in [0.15, 0.2) is 6.67 Å². The number of carbonyl (C=O) groups excluding carboxylic acids is 2. The quantitative estimate of drug-likeness (QED) is 0.567. The number of rotatable bonds is 3. The van der Waals surface area contributed by atoms with Gasteiger partial charge in [-0.3, -0.25) is 9.59 Å². The molecule has 0 aromatic rings. The van der Waals surface area contributed by atoms with E-state index in [0.717, 1.165) is 0 Å². The summed E-state index contributed by atoms with van der Waals surface area (Å²) in [7, 11) is 0. The van der Waals surface area contributed by atoms with Crippen molar-refractivity contribution in [3.8, 4) is 0 Å². The second-order valence-corrected chi connectivity index (χ2v) is 1.96. The largest absolute Gasteiger partial charge is 0.456 e. The molecular weight excluding hydrogens is 350 g/mol. The van der Waals surface area contributed by atoms with Gasteiger partial charge in [-0.1, -0.05) is 0 Å². The maximum atomic E-state index is 12.0. The zero-order valence-corrected chi connectivity index (χ0v) is 9.50. The first-order valence-electron chi connectivity index (χ1n) is 2.72. The summed E-state index contributed by atoms with van der Waals surface area (Å²) in [6.07, 6.45) is -5.85. The van der Waals surface area contributed by atoms with Gasteiger partial charge in [-0.25, -0.2) is 4.39 Å². The minimum Gasteiger partial charge on any atom is -0.289 e. The molecule has 0 spiro atoms. The first kappa shape index (κ1) is 16.7. The predicted molar refractivity (Wildman–Crippen MR) is 27.0 cm³/mol. The molecule has 2 nitrogen and oxygen atoms in total. The maximum Gasteiger partial charge on any atom is 0.456 e. The molecule has 0 fully saturated rings. The van der Waals surface area contributed by atoms with Crippen LogP contribution in [0.3, 0.4) is 0 Å². The monoisotopic (exact) mass is 350 g/mol. The van der Waals surface area contributed by atoms with Gasteiger partial charge < -0.3 is 0 Å². The summed E-state index contributed by atoms with van der Waals surface area (Å²) >= 11 is 0. The summed E-state index contributed by atoms with van der Waals surface area (Å²) in [5.74, 6) is -11.6. The molecule has 0 bridgehead atoms. The average Bonchev–Trinajstić information content (AvgIpc) is 1.99. The standard InChI is InChI=1S/C5H2F6O2.Nd/c6-1-2(12)4(7,8)3(13)5(9,10)11;/h1H2;. The van der Waals surface area contributed by atoms with E-state index in [4.69, 9.17) is 0 Å². The SMILES string of the molecule is O=C(CF)C(F)(F)C(=O)C(F)(F)F.[Nd]. The Labute approximate surface area is 107 Å². The van der Waals surface area contributed by atoms with E-state index in [1.807, 2.05) is 0 Å². The maximum absolute atomic E-state index is 12.0. The minimum absolute atomic E-state index is 0. The molecule has 0 aromatic heterocycles. The third kappa shape index (κ3) is 3.79. The number of ketones is 2. The van der Waals surface area contributed by atoms with E-state index in [9.17, 15) is 35.9 Å². The second kappa shape index (κ2) is 5.38. The molecule has 0 aliphatic rings. The number of halogens is 6. The Kier molecular flexibility index (Phi) is 6.42. The fourth-order valence-corrected chi connectivity index (χ4v) is 0.389. The molecule has 0 atom stereocenters. The number of Topliss-reactive ketones (excluding diaryl/α,β-unsaturated/α-hetero) is 2. The van der Waals surface area contributed by atoms with E-state index in [-0.39, 0.29) is 40.8 Å². The van der Waals surface area contributed by atoms with Crippen LogP contribution in [0.15, 0.2) is 0 Å². The van der Waals surface area contributed by atoms with Crippen LogP contribution in [0, 0.1) is 40.8 Å². The van der Waals surface area contributed by atoms with Gasteiger partial charge in [0.25, 0.3) is 0 Å². The fourth-order valence-electron chi connectivity index (χ4n) is 0.389. The van der Waals surface area contributed by atoms with Crippen LogP contribution in [-0.4, -0.2) is 30.3 Å². The van der Waals surface area contributed by atoms with Gasteiger partial charge in [0.05, 0.1) is 0 Å². The molecule has 0 aliphatic heterocycles. The van der Waals surface area contributed by atoms with Crippen LogP contribution in [-0.2, 0) is 9.59 Å². The van der Waals surface area contributed by atoms with Crippen molar-refractivity contribution in [3.05, 3.63) is 0 Å². The third-order valence-electron chi connectivity index (χ3n) is 1.01. The topological polar surface area (TPSA) is 34.1 Å². The summed E-state index contributed by atoms with van der Waals surface area (Å²) in [6, 6.07) is 0. The first-order chi connectivity index (χ1) is 5.64. The summed E-state index contributed by atoms with van der Waals surface area (Å²) in [6.45, 7) is -2.32. The Balaban J connectivity index is 0. The van der Waals surface area contributed by atoms with Crippen molar-refractivity contribution < 1.29 is 76.8 Å². The Morgan fingerprint density at radius 2 is 1.36 bits per heavy atom. The van der Waals surface area contributed by atoms with Crippen molar-refractivity contribution in [1.29, 1.82) is 0 Å². The van der Waals surface area contributed by atoms with Crippen LogP contribution in [0.5, 0.6) is 0 Å². The molecule has 80 valence electrons. The van der Waals surface area contributed by atoms with Crippen molar-refractivity contribution in [2.24, 2.45) is 0 Å². The van der Waals surface area contributed by atoms with Crippen molar-refractivity contribution in [2.75, 3.05) is 6.67 Å². The molecule has 0 heterocycles. The van der Waals surface area contributed by atoms with Crippen molar-refractivity contribution in [1.82, 2.24) is 0 Å². The van der Waals surface area contributed by atoms with Crippen LogP contribution >= 0.6 is 0 Å². The molecule has 9 heteroatoms. The summed E-state index contributed by atoms with van der Waals surface area (Å²) in [4.78, 5) is 19.7. The number of hydrogen-bond acceptors (Lipinski definition) is 2. The van der Waals surface area contributed by atoms with Crippen LogP contribution in [0.1, 0.15) is 0 Å². The van der Waals surface area contributed by atoms with Crippen molar-refractivity contribution in [2.45, 2.75) is 12.1 Å². The average molecular weight is 352 g/mol. The molecule has 0 unspecified atom stereocenters.